The smallest absolute Gasteiger partial charge is 0.416 e. The maximum absolute atomic E-state index is 13.0. The zero-order chi connectivity index (χ0) is 27.3. The number of hydrogen-bond acceptors (Lipinski definition) is 4. The first kappa shape index (κ1) is 26.7. The third-order valence-electron chi connectivity index (χ3n) is 6.18. The summed E-state index contributed by atoms with van der Waals surface area (Å²) in [5.41, 5.74) is 5.05. The van der Waals surface area contributed by atoms with E-state index in [2.05, 4.69) is 10.5 Å². The minimum absolute atomic E-state index is 0.0330. The molecule has 0 fully saturated rings. The van der Waals surface area contributed by atoms with Gasteiger partial charge in [-0.2, -0.15) is 13.2 Å². The number of halogens is 3. The summed E-state index contributed by atoms with van der Waals surface area (Å²) in [6.45, 7) is 3.81. The lowest BCUT2D eigenvalue weighted by Crippen LogP contribution is -2.17. The van der Waals surface area contributed by atoms with Crippen molar-refractivity contribution in [1.82, 2.24) is 5.16 Å². The molecule has 0 bridgehead atoms. The van der Waals surface area contributed by atoms with Crippen molar-refractivity contribution in [3.05, 3.63) is 101 Å². The Morgan fingerprint density at radius 3 is 2.29 bits per heavy atom. The summed E-state index contributed by atoms with van der Waals surface area (Å²) >= 11 is 0. The molecule has 0 unspecified atom stereocenters. The van der Waals surface area contributed by atoms with Crippen LogP contribution in [-0.4, -0.2) is 22.3 Å². The second kappa shape index (κ2) is 11.4. The van der Waals surface area contributed by atoms with E-state index in [9.17, 15) is 18.0 Å². The Hall–Kier alpha value is -4.33. The number of carboxylic acids is 1. The first-order chi connectivity index (χ1) is 18.1. The molecule has 3 aromatic carbocycles. The first-order valence-corrected chi connectivity index (χ1v) is 12.1. The normalized spacial score (nSPS) is 12.6. The van der Waals surface area contributed by atoms with E-state index in [1.54, 1.807) is 6.07 Å². The van der Waals surface area contributed by atoms with Crippen molar-refractivity contribution in [3.63, 3.8) is 0 Å². The van der Waals surface area contributed by atoms with E-state index in [0.29, 0.717) is 29.9 Å². The van der Waals surface area contributed by atoms with Gasteiger partial charge in [-0.3, -0.25) is 0 Å². The summed E-state index contributed by atoms with van der Waals surface area (Å²) in [5.74, 6) is -0.402. The highest BCUT2D eigenvalue weighted by atomic mass is 19.4. The lowest BCUT2D eigenvalue weighted by Gasteiger charge is -2.16. The third-order valence-corrected chi connectivity index (χ3v) is 6.18. The second-order valence-electron chi connectivity index (χ2n) is 9.13. The fourth-order valence-electron chi connectivity index (χ4n) is 4.11. The fourth-order valence-corrected chi connectivity index (χ4v) is 4.11. The van der Waals surface area contributed by atoms with Crippen molar-refractivity contribution in [1.29, 1.82) is 0 Å². The van der Waals surface area contributed by atoms with Crippen LogP contribution < -0.4 is 5.32 Å². The van der Waals surface area contributed by atoms with Gasteiger partial charge in [-0.15, -0.1) is 0 Å². The first-order valence-electron chi connectivity index (χ1n) is 12.1. The quantitative estimate of drug-likeness (QED) is 0.220. The van der Waals surface area contributed by atoms with E-state index in [1.165, 1.54) is 18.2 Å². The number of aliphatic carboxylic acids is 1. The Morgan fingerprint density at radius 1 is 1.03 bits per heavy atom. The Balaban J connectivity index is 1.43. The molecule has 38 heavy (non-hydrogen) atoms. The summed E-state index contributed by atoms with van der Waals surface area (Å²) in [6.07, 6.45) is -0.594. The van der Waals surface area contributed by atoms with E-state index in [4.69, 9.17) is 9.63 Å². The van der Waals surface area contributed by atoms with Crippen LogP contribution in [0.4, 0.5) is 18.9 Å². The van der Waals surface area contributed by atoms with Crippen LogP contribution in [0.25, 0.3) is 28.5 Å². The molecule has 5 nitrogen and oxygen atoms in total. The van der Waals surface area contributed by atoms with Gasteiger partial charge in [0.05, 0.1) is 5.56 Å². The molecule has 0 saturated heterocycles. The van der Waals surface area contributed by atoms with Crippen LogP contribution in [0, 0.1) is 6.92 Å². The topological polar surface area (TPSA) is 75.4 Å². The van der Waals surface area contributed by atoms with E-state index in [1.807, 2.05) is 62.4 Å². The molecule has 0 aliphatic carbocycles. The van der Waals surface area contributed by atoms with Gasteiger partial charge in [-0.25, -0.2) is 4.79 Å². The molecule has 0 radical (unpaired) electrons. The SMILES string of the molecule is Cc1noc(-c2ccc(-c3ccc(C=CC(=O)O)cc3)cc2)c1N[C@@H](C)CCc1cccc(C(F)(F)F)c1. The summed E-state index contributed by atoms with van der Waals surface area (Å²) in [7, 11) is 0. The van der Waals surface area contributed by atoms with Crippen molar-refractivity contribution in [2.24, 2.45) is 0 Å². The largest absolute Gasteiger partial charge is 0.478 e. The van der Waals surface area contributed by atoms with Crippen LogP contribution in [-0.2, 0) is 17.4 Å². The number of nitrogens with one attached hydrogen (secondary N) is 1. The average Bonchev–Trinajstić information content (AvgIpc) is 3.26. The highest BCUT2D eigenvalue weighted by Crippen LogP contribution is 2.34. The van der Waals surface area contributed by atoms with Crippen LogP contribution in [0.2, 0.25) is 0 Å². The molecule has 4 rings (SSSR count). The average molecular weight is 521 g/mol. The van der Waals surface area contributed by atoms with Crippen LogP contribution in [0.15, 0.2) is 83.4 Å². The number of carbonyl (C=O) groups is 1. The maximum atomic E-state index is 13.0. The van der Waals surface area contributed by atoms with Crippen LogP contribution in [0.1, 0.15) is 35.7 Å². The second-order valence-corrected chi connectivity index (χ2v) is 9.13. The maximum Gasteiger partial charge on any atom is 0.416 e. The van der Waals surface area contributed by atoms with Crippen molar-refractivity contribution in [2.45, 2.75) is 38.9 Å². The summed E-state index contributed by atoms with van der Waals surface area (Å²) in [5, 5.41) is 16.3. The Labute approximate surface area is 218 Å². The van der Waals surface area contributed by atoms with Crippen molar-refractivity contribution >= 4 is 17.7 Å². The molecule has 0 aliphatic heterocycles. The van der Waals surface area contributed by atoms with Gasteiger partial charge in [-0.1, -0.05) is 71.9 Å². The molecule has 0 spiro atoms. The highest BCUT2D eigenvalue weighted by molar-refractivity contribution is 5.85. The van der Waals surface area contributed by atoms with E-state index in [0.717, 1.165) is 40.1 Å². The molecule has 1 heterocycles. The lowest BCUT2D eigenvalue weighted by molar-refractivity contribution is -0.137. The monoisotopic (exact) mass is 520 g/mol. The van der Waals surface area contributed by atoms with Gasteiger partial charge >= 0.3 is 12.1 Å². The number of alkyl halides is 3. The van der Waals surface area contributed by atoms with Gasteiger partial charge in [0, 0.05) is 17.7 Å². The van der Waals surface area contributed by atoms with Gasteiger partial charge in [0.25, 0.3) is 0 Å². The summed E-state index contributed by atoms with van der Waals surface area (Å²) in [4.78, 5) is 10.7. The molecule has 0 amide bonds. The van der Waals surface area contributed by atoms with Gasteiger partial charge in [0.15, 0.2) is 5.76 Å². The van der Waals surface area contributed by atoms with Gasteiger partial charge < -0.3 is 14.9 Å². The van der Waals surface area contributed by atoms with Gasteiger partial charge in [-0.05, 0) is 61.1 Å². The molecule has 1 atom stereocenters. The minimum Gasteiger partial charge on any atom is -0.478 e. The Morgan fingerprint density at radius 2 is 1.66 bits per heavy atom. The number of benzene rings is 3. The van der Waals surface area contributed by atoms with Crippen molar-refractivity contribution < 1.29 is 27.6 Å². The predicted octanol–water partition coefficient (Wildman–Crippen LogP) is 7.87. The molecule has 8 heteroatoms. The van der Waals surface area contributed by atoms with E-state index in [-0.39, 0.29) is 6.04 Å². The number of aromatic nitrogens is 1. The van der Waals surface area contributed by atoms with E-state index >= 15 is 0 Å². The van der Waals surface area contributed by atoms with Crippen LogP contribution >= 0.6 is 0 Å². The minimum atomic E-state index is -4.35. The third kappa shape index (κ3) is 6.70. The number of hydrogen-bond donors (Lipinski definition) is 2. The summed E-state index contributed by atoms with van der Waals surface area (Å²) in [6, 6.07) is 20.8. The Bertz CT molecular complexity index is 1420. The molecule has 4 aromatic rings. The molecular formula is C30H27F3N2O3. The van der Waals surface area contributed by atoms with E-state index < -0.39 is 17.7 Å². The predicted molar refractivity (Wildman–Crippen MR) is 142 cm³/mol. The number of rotatable bonds is 9. The van der Waals surface area contributed by atoms with Gasteiger partial charge in [0.1, 0.15) is 11.4 Å². The van der Waals surface area contributed by atoms with Crippen LogP contribution in [0.5, 0.6) is 0 Å². The highest BCUT2D eigenvalue weighted by Gasteiger charge is 2.30. The zero-order valence-corrected chi connectivity index (χ0v) is 20.9. The number of carboxylic acid groups (broad SMARTS) is 1. The van der Waals surface area contributed by atoms with Crippen molar-refractivity contribution in [3.8, 4) is 22.5 Å². The standard InChI is InChI=1S/C30H27F3N2O3/c1-19(6-7-22-4-3-5-26(18-22)30(31,32)33)34-28-20(2)35-38-29(28)25-15-13-24(14-16-25)23-11-8-21(9-12-23)10-17-27(36)37/h3-5,8-19,34H,6-7H2,1-2H3,(H,36,37)/t19-/m0/s1. The molecule has 0 saturated carbocycles. The van der Waals surface area contributed by atoms with Crippen molar-refractivity contribution in [2.75, 3.05) is 5.32 Å². The lowest BCUT2D eigenvalue weighted by atomic mass is 10.0. The molecule has 0 aliphatic rings. The fraction of sp³-hybridized carbons (Fsp3) is 0.200. The molecule has 1 aromatic heterocycles. The molecule has 196 valence electrons. The Kier molecular flexibility index (Phi) is 8.00. The zero-order valence-electron chi connectivity index (χ0n) is 20.9. The number of aryl methyl sites for hydroxylation is 2. The molecular weight excluding hydrogens is 493 g/mol. The number of anilines is 1. The number of nitrogens with zero attached hydrogens (tertiary/aromatic N) is 1. The van der Waals surface area contributed by atoms with Gasteiger partial charge in [0.2, 0.25) is 0 Å². The van der Waals surface area contributed by atoms with Crippen LogP contribution in [0.3, 0.4) is 0 Å². The summed E-state index contributed by atoms with van der Waals surface area (Å²) < 4.78 is 44.6. The molecule has 2 N–H and O–H groups in total.